The molecule has 1 heterocycles. The highest BCUT2D eigenvalue weighted by Gasteiger charge is 2.08. The maximum atomic E-state index is 12.1. The zero-order valence-corrected chi connectivity index (χ0v) is 23.7. The second kappa shape index (κ2) is 20.3. The number of allylic oxidation sites excluding steroid dienone is 10. The van der Waals surface area contributed by atoms with Gasteiger partial charge in [-0.1, -0.05) is 48.6 Å². The minimum atomic E-state index is -0.0301. The van der Waals surface area contributed by atoms with Gasteiger partial charge in [-0.3, -0.25) is 9.80 Å². The average molecular weight is 559 g/mol. The van der Waals surface area contributed by atoms with Crippen LogP contribution in [-0.4, -0.2) is 115 Å². The van der Waals surface area contributed by atoms with E-state index in [1.807, 2.05) is 48.6 Å². The van der Waals surface area contributed by atoms with Gasteiger partial charge in [0.15, 0.2) is 0 Å². The van der Waals surface area contributed by atoms with Gasteiger partial charge in [-0.05, 0) is 48.8 Å². The van der Waals surface area contributed by atoms with Gasteiger partial charge in [-0.2, -0.15) is 0 Å². The summed E-state index contributed by atoms with van der Waals surface area (Å²) in [6.45, 7) is 10.9. The molecule has 224 valence electrons. The van der Waals surface area contributed by atoms with Crippen molar-refractivity contribution < 1.29 is 29.2 Å². The van der Waals surface area contributed by atoms with Gasteiger partial charge < -0.3 is 39.8 Å². The summed E-state index contributed by atoms with van der Waals surface area (Å²) in [5.74, 6) is -0.0603. The zero-order chi connectivity index (χ0) is 28.1. The third kappa shape index (κ3) is 13.6. The summed E-state index contributed by atoms with van der Waals surface area (Å²) < 4.78 is 23.2. The van der Waals surface area contributed by atoms with Crippen molar-refractivity contribution in [2.45, 2.75) is 12.8 Å². The molecule has 1 fully saturated rings. The van der Waals surface area contributed by atoms with Gasteiger partial charge in [0, 0.05) is 39.3 Å². The number of rotatable bonds is 10. The number of nitrogens with one attached hydrogen (secondary N) is 2. The summed E-state index contributed by atoms with van der Waals surface area (Å²) in [4.78, 5) is 4.61. The smallest absolute Gasteiger partial charge is 0.0701 e. The Balaban J connectivity index is 1.31. The van der Waals surface area contributed by atoms with E-state index < -0.39 is 0 Å². The van der Waals surface area contributed by atoms with E-state index in [9.17, 15) is 10.2 Å². The lowest BCUT2D eigenvalue weighted by molar-refractivity contribution is -0.313. The van der Waals surface area contributed by atoms with Crippen molar-refractivity contribution in [2.75, 3.05) is 105 Å². The summed E-state index contributed by atoms with van der Waals surface area (Å²) >= 11 is 0. The van der Waals surface area contributed by atoms with Crippen LogP contribution in [0.25, 0.3) is 0 Å². The monoisotopic (exact) mass is 558 g/mol. The third-order valence-electron chi connectivity index (χ3n) is 6.67. The Kier molecular flexibility index (Phi) is 16.2. The summed E-state index contributed by atoms with van der Waals surface area (Å²) in [6, 6.07) is 0. The molecule has 10 nitrogen and oxygen atoms in total. The molecule has 3 rings (SSSR count). The van der Waals surface area contributed by atoms with Crippen LogP contribution in [0.15, 0.2) is 71.5 Å². The Morgan fingerprint density at radius 2 is 0.875 bits per heavy atom. The molecule has 0 aromatic carbocycles. The quantitative estimate of drug-likeness (QED) is 0.281. The van der Waals surface area contributed by atoms with Crippen molar-refractivity contribution in [3.8, 4) is 0 Å². The van der Waals surface area contributed by atoms with Crippen LogP contribution in [0.1, 0.15) is 12.8 Å². The molecule has 0 unspecified atom stereocenters. The molecular formula is C30H46N4O6-2. The predicted octanol–water partition coefficient (Wildman–Crippen LogP) is 0.0256. The van der Waals surface area contributed by atoms with E-state index >= 15 is 0 Å². The maximum Gasteiger partial charge on any atom is 0.0701 e. The maximum absolute atomic E-state index is 12.1. The fraction of sp³-hybridized carbons (Fsp3) is 0.600. The summed E-state index contributed by atoms with van der Waals surface area (Å²) in [5.41, 5.74) is 1.40. The standard InChI is InChI=1S/C30H48N4O6/c35-29(27-7-1-2-8-27)31-11-5-13-33-15-19-37-23-25-39-21-17-34(18-22-40-26-24-38-20-16-33)14-6-12-32-30(36)28-9-3-4-10-28/h1-4,7-10,31-32,35-36H,5-6,11-26H2/p-2. The molecule has 2 N–H and O–H groups in total. The van der Waals surface area contributed by atoms with Gasteiger partial charge in [0.1, 0.15) is 0 Å². The van der Waals surface area contributed by atoms with Crippen LogP contribution in [0.3, 0.4) is 0 Å². The number of hydrogen-bond acceptors (Lipinski definition) is 10. The molecule has 1 aliphatic heterocycles. The van der Waals surface area contributed by atoms with Crippen LogP contribution >= 0.6 is 0 Å². The first kappa shape index (κ1) is 31.9. The highest BCUT2D eigenvalue weighted by molar-refractivity contribution is 5.41. The van der Waals surface area contributed by atoms with E-state index in [2.05, 4.69) is 20.4 Å². The van der Waals surface area contributed by atoms with Crippen molar-refractivity contribution >= 4 is 0 Å². The molecule has 2 aliphatic carbocycles. The molecule has 0 atom stereocenters. The minimum absolute atomic E-state index is 0.0301. The molecule has 0 aromatic rings. The summed E-state index contributed by atoms with van der Waals surface area (Å²) in [5, 5.41) is 30.2. The Hall–Kier alpha value is -2.60. The fourth-order valence-corrected chi connectivity index (χ4v) is 4.35. The normalized spacial score (nSPS) is 20.5. The van der Waals surface area contributed by atoms with Gasteiger partial charge in [0.2, 0.25) is 0 Å². The van der Waals surface area contributed by atoms with Crippen LogP contribution in [0.5, 0.6) is 0 Å². The first-order chi connectivity index (χ1) is 19.7. The molecule has 0 radical (unpaired) electrons. The molecule has 3 aliphatic rings. The van der Waals surface area contributed by atoms with Crippen LogP contribution in [0, 0.1) is 0 Å². The van der Waals surface area contributed by atoms with Gasteiger partial charge in [-0.15, -0.1) is 0 Å². The van der Waals surface area contributed by atoms with Crippen molar-refractivity contribution in [3.05, 3.63) is 71.5 Å². The SMILES string of the molecule is [O-]C(NCCCN1CCOCCOCCN(CCCNC([O-])=C2C=CC=C2)CCOCCOCC1)=C1C=CC=C1. The predicted molar refractivity (Wildman–Crippen MR) is 152 cm³/mol. The first-order valence-corrected chi connectivity index (χ1v) is 14.5. The molecular weight excluding hydrogens is 512 g/mol. The molecule has 0 amide bonds. The highest BCUT2D eigenvalue weighted by Crippen LogP contribution is 2.09. The highest BCUT2D eigenvalue weighted by atomic mass is 16.5. The topological polar surface area (TPSA) is 114 Å². The van der Waals surface area contributed by atoms with Crippen molar-refractivity contribution in [3.63, 3.8) is 0 Å². The molecule has 1 saturated heterocycles. The van der Waals surface area contributed by atoms with E-state index in [1.165, 1.54) is 0 Å². The second-order valence-electron chi connectivity index (χ2n) is 9.70. The van der Waals surface area contributed by atoms with Crippen LogP contribution in [-0.2, 0) is 18.9 Å². The van der Waals surface area contributed by atoms with E-state index in [0.717, 1.165) is 52.1 Å². The lowest BCUT2D eigenvalue weighted by Gasteiger charge is -2.24. The zero-order valence-electron chi connectivity index (χ0n) is 23.7. The van der Waals surface area contributed by atoms with E-state index in [0.29, 0.717) is 77.1 Å². The molecule has 0 bridgehead atoms. The van der Waals surface area contributed by atoms with E-state index in [4.69, 9.17) is 18.9 Å². The molecule has 0 saturated carbocycles. The number of hydrogen-bond donors (Lipinski definition) is 2. The van der Waals surface area contributed by atoms with Gasteiger partial charge in [0.25, 0.3) is 0 Å². The van der Waals surface area contributed by atoms with Gasteiger partial charge in [0.05, 0.1) is 52.9 Å². The fourth-order valence-electron chi connectivity index (χ4n) is 4.35. The second-order valence-corrected chi connectivity index (χ2v) is 9.70. The Labute approximate surface area is 239 Å². The Morgan fingerprint density at radius 1 is 0.550 bits per heavy atom. The summed E-state index contributed by atoms with van der Waals surface area (Å²) in [6.07, 6.45) is 16.5. The van der Waals surface area contributed by atoms with Crippen molar-refractivity contribution in [1.29, 1.82) is 0 Å². The lowest BCUT2D eigenvalue weighted by Crippen LogP contribution is -2.35. The van der Waals surface area contributed by atoms with Gasteiger partial charge in [-0.25, -0.2) is 0 Å². The molecule has 40 heavy (non-hydrogen) atoms. The largest absolute Gasteiger partial charge is 0.860 e. The van der Waals surface area contributed by atoms with Crippen LogP contribution < -0.4 is 20.8 Å². The van der Waals surface area contributed by atoms with Crippen LogP contribution in [0.2, 0.25) is 0 Å². The van der Waals surface area contributed by atoms with Crippen molar-refractivity contribution in [1.82, 2.24) is 20.4 Å². The van der Waals surface area contributed by atoms with Crippen molar-refractivity contribution in [2.24, 2.45) is 0 Å². The first-order valence-electron chi connectivity index (χ1n) is 14.5. The Bertz CT molecular complexity index is 779. The van der Waals surface area contributed by atoms with E-state index in [-0.39, 0.29) is 11.8 Å². The molecule has 0 spiro atoms. The van der Waals surface area contributed by atoms with Crippen LogP contribution in [0.4, 0.5) is 0 Å². The van der Waals surface area contributed by atoms with E-state index in [1.54, 1.807) is 0 Å². The lowest BCUT2D eigenvalue weighted by atomic mass is 10.3. The molecule has 0 aromatic heterocycles. The van der Waals surface area contributed by atoms with Gasteiger partial charge >= 0.3 is 0 Å². The summed E-state index contributed by atoms with van der Waals surface area (Å²) in [7, 11) is 0. The Morgan fingerprint density at radius 3 is 1.20 bits per heavy atom. The third-order valence-corrected chi connectivity index (χ3v) is 6.67. The average Bonchev–Trinajstić information content (AvgIpc) is 3.70. The number of nitrogens with zero attached hydrogens (tertiary/aromatic N) is 2. The molecule has 10 heteroatoms. The minimum Gasteiger partial charge on any atom is -0.860 e. The number of ether oxygens (including phenoxy) is 4.